The van der Waals surface area contributed by atoms with Crippen molar-refractivity contribution in [1.82, 2.24) is 10.5 Å². The second kappa shape index (κ2) is 6.96. The van der Waals surface area contributed by atoms with E-state index >= 15 is 0 Å². The molecule has 1 N–H and O–H groups in total. The van der Waals surface area contributed by atoms with E-state index in [1.54, 1.807) is 19.9 Å². The number of halogens is 2. The summed E-state index contributed by atoms with van der Waals surface area (Å²) in [6.45, 7) is 4.05. The van der Waals surface area contributed by atoms with Crippen molar-refractivity contribution in [1.29, 1.82) is 0 Å². The van der Waals surface area contributed by atoms with Crippen LogP contribution in [0.3, 0.4) is 0 Å². The molecule has 0 aliphatic carbocycles. The molecular weight excluding hydrogens is 311 g/mol. The molecule has 0 bridgehead atoms. The molecule has 0 fully saturated rings. The number of carbonyl (C=O) groups excluding carboxylic acids is 1. The summed E-state index contributed by atoms with van der Waals surface area (Å²) in [4.78, 5) is 12.0. The first kappa shape index (κ1) is 15.9. The van der Waals surface area contributed by atoms with Crippen molar-refractivity contribution in [2.24, 2.45) is 0 Å². The highest BCUT2D eigenvalue weighted by atomic mass is 35.5. The molecule has 0 atom stereocenters. The van der Waals surface area contributed by atoms with Crippen LogP contribution < -0.4 is 5.32 Å². The molecule has 2 rings (SSSR count). The summed E-state index contributed by atoms with van der Waals surface area (Å²) >= 11 is 11.8. The quantitative estimate of drug-likeness (QED) is 0.846. The molecule has 1 aromatic heterocycles. The van der Waals surface area contributed by atoms with Gasteiger partial charge in [-0.05, 0) is 44.4 Å². The van der Waals surface area contributed by atoms with Crippen LogP contribution in [0.5, 0.6) is 0 Å². The van der Waals surface area contributed by atoms with Crippen LogP contribution in [-0.2, 0) is 6.42 Å². The molecule has 1 aromatic carbocycles. The van der Waals surface area contributed by atoms with Crippen molar-refractivity contribution < 1.29 is 9.32 Å². The Morgan fingerprint density at radius 2 is 2.05 bits per heavy atom. The number of hydrogen-bond donors (Lipinski definition) is 1. The van der Waals surface area contributed by atoms with Crippen LogP contribution >= 0.6 is 23.2 Å². The van der Waals surface area contributed by atoms with Gasteiger partial charge in [0.25, 0.3) is 5.91 Å². The molecular formula is C15H16Cl2N2O2. The van der Waals surface area contributed by atoms with E-state index in [1.165, 1.54) is 0 Å². The van der Waals surface area contributed by atoms with Gasteiger partial charge in [0.1, 0.15) is 11.3 Å². The van der Waals surface area contributed by atoms with E-state index in [0.29, 0.717) is 33.6 Å². The number of benzene rings is 1. The molecule has 1 amide bonds. The van der Waals surface area contributed by atoms with Gasteiger partial charge in [0, 0.05) is 6.54 Å². The molecule has 0 radical (unpaired) electrons. The highest BCUT2D eigenvalue weighted by Gasteiger charge is 2.16. The average Bonchev–Trinajstić information content (AvgIpc) is 2.78. The molecule has 1 heterocycles. The lowest BCUT2D eigenvalue weighted by Crippen LogP contribution is -2.25. The Kier molecular flexibility index (Phi) is 5.26. The molecule has 0 saturated heterocycles. The fraction of sp³-hybridized carbons (Fsp3) is 0.333. The maximum absolute atomic E-state index is 12.0. The highest BCUT2D eigenvalue weighted by Crippen LogP contribution is 2.23. The normalized spacial score (nSPS) is 10.7. The molecule has 0 saturated carbocycles. The Labute approximate surface area is 133 Å². The van der Waals surface area contributed by atoms with Crippen molar-refractivity contribution >= 4 is 29.1 Å². The third-order valence-corrected chi connectivity index (χ3v) is 3.91. The van der Waals surface area contributed by atoms with Gasteiger partial charge in [-0.25, -0.2) is 0 Å². The van der Waals surface area contributed by atoms with E-state index in [4.69, 9.17) is 27.7 Å². The Balaban J connectivity index is 1.82. The van der Waals surface area contributed by atoms with Crippen LogP contribution in [0.2, 0.25) is 10.0 Å². The highest BCUT2D eigenvalue weighted by molar-refractivity contribution is 6.42. The molecule has 21 heavy (non-hydrogen) atoms. The zero-order valence-corrected chi connectivity index (χ0v) is 13.4. The summed E-state index contributed by atoms with van der Waals surface area (Å²) < 4.78 is 4.98. The third kappa shape index (κ3) is 3.99. The van der Waals surface area contributed by atoms with Gasteiger partial charge >= 0.3 is 0 Å². The number of amides is 1. The largest absolute Gasteiger partial charge is 0.361 e. The first-order valence-corrected chi connectivity index (χ1v) is 7.39. The topological polar surface area (TPSA) is 55.1 Å². The van der Waals surface area contributed by atoms with E-state index in [9.17, 15) is 4.79 Å². The van der Waals surface area contributed by atoms with Crippen LogP contribution in [0.15, 0.2) is 22.7 Å². The number of rotatable bonds is 5. The van der Waals surface area contributed by atoms with Crippen molar-refractivity contribution in [3.05, 3.63) is 50.8 Å². The van der Waals surface area contributed by atoms with Gasteiger partial charge in [0.05, 0.1) is 15.7 Å². The van der Waals surface area contributed by atoms with Gasteiger partial charge < -0.3 is 9.84 Å². The zero-order valence-electron chi connectivity index (χ0n) is 11.9. The third-order valence-electron chi connectivity index (χ3n) is 3.17. The molecule has 0 aliphatic rings. The lowest BCUT2D eigenvalue weighted by Gasteiger charge is -2.06. The second-order valence-electron chi connectivity index (χ2n) is 4.81. The summed E-state index contributed by atoms with van der Waals surface area (Å²) in [5.41, 5.74) is 2.22. The fourth-order valence-electron chi connectivity index (χ4n) is 2.09. The second-order valence-corrected chi connectivity index (χ2v) is 5.62. The molecule has 112 valence electrons. The number of aryl methyl sites for hydroxylation is 3. The Morgan fingerprint density at radius 3 is 2.67 bits per heavy atom. The maximum Gasteiger partial charge on any atom is 0.256 e. The summed E-state index contributed by atoms with van der Waals surface area (Å²) in [6, 6.07) is 5.56. The number of carbonyl (C=O) groups is 1. The van der Waals surface area contributed by atoms with Crippen LogP contribution in [0.1, 0.15) is 33.8 Å². The Bertz CT molecular complexity index is 634. The van der Waals surface area contributed by atoms with Crippen molar-refractivity contribution in [2.45, 2.75) is 26.7 Å². The predicted molar refractivity (Wildman–Crippen MR) is 83.1 cm³/mol. The molecule has 2 aromatic rings. The molecule has 4 nitrogen and oxygen atoms in total. The SMILES string of the molecule is Cc1noc(C)c1C(=O)NCCCc1ccc(Cl)c(Cl)c1. The minimum Gasteiger partial charge on any atom is -0.361 e. The lowest BCUT2D eigenvalue weighted by atomic mass is 10.1. The first-order chi connectivity index (χ1) is 9.99. The Morgan fingerprint density at radius 1 is 1.29 bits per heavy atom. The van der Waals surface area contributed by atoms with Crippen LogP contribution in [0, 0.1) is 13.8 Å². The van der Waals surface area contributed by atoms with E-state index < -0.39 is 0 Å². The minimum absolute atomic E-state index is 0.152. The van der Waals surface area contributed by atoms with E-state index in [2.05, 4.69) is 10.5 Å². The van der Waals surface area contributed by atoms with E-state index in [1.807, 2.05) is 12.1 Å². The van der Waals surface area contributed by atoms with E-state index in [-0.39, 0.29) is 5.91 Å². The lowest BCUT2D eigenvalue weighted by molar-refractivity contribution is 0.0951. The molecule has 0 aliphatic heterocycles. The van der Waals surface area contributed by atoms with Crippen molar-refractivity contribution in [3.8, 4) is 0 Å². The molecule has 0 spiro atoms. The fourth-order valence-corrected chi connectivity index (χ4v) is 2.41. The van der Waals surface area contributed by atoms with Gasteiger partial charge in [0.15, 0.2) is 0 Å². The summed E-state index contributed by atoms with van der Waals surface area (Å²) in [5.74, 6) is 0.384. The predicted octanol–water partition coefficient (Wildman–Crippen LogP) is 3.96. The monoisotopic (exact) mass is 326 g/mol. The summed E-state index contributed by atoms with van der Waals surface area (Å²) in [7, 11) is 0. The summed E-state index contributed by atoms with van der Waals surface area (Å²) in [5, 5.41) is 7.73. The first-order valence-electron chi connectivity index (χ1n) is 6.64. The van der Waals surface area contributed by atoms with Gasteiger partial charge in [-0.3, -0.25) is 4.79 Å². The van der Waals surface area contributed by atoms with Gasteiger partial charge in [-0.15, -0.1) is 0 Å². The maximum atomic E-state index is 12.0. The van der Waals surface area contributed by atoms with Crippen LogP contribution in [0.25, 0.3) is 0 Å². The molecule has 0 unspecified atom stereocenters. The standard InChI is InChI=1S/C15H16Cl2N2O2/c1-9-14(10(2)21-19-9)15(20)18-7-3-4-11-5-6-12(16)13(17)8-11/h5-6,8H,3-4,7H2,1-2H3,(H,18,20). The average molecular weight is 327 g/mol. The number of aromatic nitrogens is 1. The van der Waals surface area contributed by atoms with Gasteiger partial charge in [0.2, 0.25) is 0 Å². The smallest absolute Gasteiger partial charge is 0.256 e. The summed E-state index contributed by atoms with van der Waals surface area (Å²) in [6.07, 6.45) is 1.63. The Hall–Kier alpha value is -1.52. The minimum atomic E-state index is -0.152. The van der Waals surface area contributed by atoms with Crippen molar-refractivity contribution in [2.75, 3.05) is 6.54 Å². The number of hydrogen-bond acceptors (Lipinski definition) is 3. The van der Waals surface area contributed by atoms with Crippen LogP contribution in [-0.4, -0.2) is 17.6 Å². The van der Waals surface area contributed by atoms with Crippen molar-refractivity contribution in [3.63, 3.8) is 0 Å². The van der Waals surface area contributed by atoms with Crippen LogP contribution in [0.4, 0.5) is 0 Å². The molecule has 6 heteroatoms. The number of nitrogens with zero attached hydrogens (tertiary/aromatic N) is 1. The van der Waals surface area contributed by atoms with E-state index in [0.717, 1.165) is 18.4 Å². The van der Waals surface area contributed by atoms with Gasteiger partial charge in [-0.2, -0.15) is 0 Å². The zero-order chi connectivity index (χ0) is 15.4. The van der Waals surface area contributed by atoms with Gasteiger partial charge in [-0.1, -0.05) is 34.4 Å². The number of nitrogens with one attached hydrogen (secondary N) is 1.